The summed E-state index contributed by atoms with van der Waals surface area (Å²) < 4.78 is 2.61. The van der Waals surface area contributed by atoms with E-state index >= 15 is 0 Å². The van der Waals surface area contributed by atoms with Crippen LogP contribution in [-0.2, 0) is 10.8 Å². The summed E-state index contributed by atoms with van der Waals surface area (Å²) in [4.78, 5) is 2.53. The maximum Gasteiger partial charge on any atom is 0.0540 e. The van der Waals surface area contributed by atoms with E-state index in [-0.39, 0.29) is 10.8 Å². The van der Waals surface area contributed by atoms with E-state index < -0.39 is 0 Å². The van der Waals surface area contributed by atoms with Crippen LogP contribution in [0.3, 0.4) is 0 Å². The standard InChI is InChI=1S/C60H45NS/c1-59(2)50-28-11-6-23-47(50)57-45(25-16-29-51(57)59)43-21-7-12-30-53(43)61(54-31-13-8-22-44(54)46-26-17-33-56-58(46)48-24-9-14-32-55(48)62-56)40-19-15-18-38(36-40)39-34-35-42-41-20-5-10-27-49(41)60(3,4)52(42)37-39/h5-37H,1-4H3. The van der Waals surface area contributed by atoms with Gasteiger partial charge in [0.05, 0.1) is 11.4 Å². The lowest BCUT2D eigenvalue weighted by Crippen LogP contribution is -2.15. The number of rotatable bonds is 6. The van der Waals surface area contributed by atoms with Gasteiger partial charge in [-0.05, 0) is 109 Å². The molecule has 12 rings (SSSR count). The lowest BCUT2D eigenvalue weighted by atomic mass is 9.81. The van der Waals surface area contributed by atoms with Crippen LogP contribution >= 0.6 is 11.3 Å². The van der Waals surface area contributed by atoms with Crippen molar-refractivity contribution < 1.29 is 0 Å². The summed E-state index contributed by atoms with van der Waals surface area (Å²) in [6.45, 7) is 9.47. The van der Waals surface area contributed by atoms with Crippen molar-refractivity contribution in [2.75, 3.05) is 4.90 Å². The highest BCUT2D eigenvalue weighted by atomic mass is 32.1. The van der Waals surface area contributed by atoms with Crippen molar-refractivity contribution in [3.63, 3.8) is 0 Å². The van der Waals surface area contributed by atoms with Gasteiger partial charge in [0.15, 0.2) is 0 Å². The minimum absolute atomic E-state index is 0.0839. The minimum atomic E-state index is -0.106. The molecule has 0 bridgehead atoms. The maximum atomic E-state index is 2.53. The van der Waals surface area contributed by atoms with Gasteiger partial charge in [-0.2, -0.15) is 0 Å². The van der Waals surface area contributed by atoms with Crippen molar-refractivity contribution >= 4 is 48.6 Å². The summed E-state index contributed by atoms with van der Waals surface area (Å²) in [6, 6.07) is 74.9. The van der Waals surface area contributed by atoms with Crippen molar-refractivity contribution in [1.29, 1.82) is 0 Å². The van der Waals surface area contributed by atoms with Crippen molar-refractivity contribution in [1.82, 2.24) is 0 Å². The van der Waals surface area contributed by atoms with Crippen LogP contribution in [0, 0.1) is 0 Å². The molecule has 0 aliphatic heterocycles. The fourth-order valence-corrected chi connectivity index (χ4v) is 12.0. The molecule has 0 amide bonds. The Labute approximate surface area is 368 Å². The molecule has 0 N–H and O–H groups in total. The quantitative estimate of drug-likeness (QED) is 0.162. The number of hydrogen-bond donors (Lipinski definition) is 0. The summed E-state index contributed by atoms with van der Waals surface area (Å²) in [7, 11) is 0. The van der Waals surface area contributed by atoms with Gasteiger partial charge in [0.25, 0.3) is 0 Å². The van der Waals surface area contributed by atoms with Gasteiger partial charge in [-0.3, -0.25) is 0 Å². The second-order valence-electron chi connectivity index (χ2n) is 18.0. The smallest absolute Gasteiger partial charge is 0.0540 e. The Morgan fingerprint density at radius 1 is 0.355 bits per heavy atom. The van der Waals surface area contributed by atoms with Gasteiger partial charge in [0.2, 0.25) is 0 Å². The maximum absolute atomic E-state index is 2.53. The van der Waals surface area contributed by atoms with Crippen LogP contribution in [0.15, 0.2) is 200 Å². The fraction of sp³-hybridized carbons (Fsp3) is 0.100. The number of para-hydroxylation sites is 2. The molecule has 296 valence electrons. The Morgan fingerprint density at radius 2 is 0.871 bits per heavy atom. The Balaban J connectivity index is 1.10. The number of benzene rings is 9. The van der Waals surface area contributed by atoms with Gasteiger partial charge in [-0.1, -0.05) is 185 Å². The molecule has 1 aromatic heterocycles. The first-order valence-corrected chi connectivity index (χ1v) is 22.6. The van der Waals surface area contributed by atoms with E-state index in [1.54, 1.807) is 0 Å². The van der Waals surface area contributed by atoms with E-state index in [9.17, 15) is 0 Å². The summed E-state index contributed by atoms with van der Waals surface area (Å²) in [5.74, 6) is 0. The molecular formula is C60H45NS. The molecule has 0 saturated heterocycles. The third-order valence-electron chi connectivity index (χ3n) is 13.9. The Bertz CT molecular complexity index is 3430. The van der Waals surface area contributed by atoms with Crippen LogP contribution in [0.5, 0.6) is 0 Å². The molecule has 2 aliphatic rings. The molecule has 2 heteroatoms. The van der Waals surface area contributed by atoms with E-state index in [4.69, 9.17) is 0 Å². The molecule has 62 heavy (non-hydrogen) atoms. The highest BCUT2D eigenvalue weighted by molar-refractivity contribution is 7.25. The van der Waals surface area contributed by atoms with Gasteiger partial charge in [0, 0.05) is 47.8 Å². The zero-order valence-corrected chi connectivity index (χ0v) is 36.2. The second-order valence-corrected chi connectivity index (χ2v) is 19.1. The molecule has 0 atom stereocenters. The molecule has 10 aromatic rings. The average molecular weight is 812 g/mol. The average Bonchev–Trinajstić information content (AvgIpc) is 3.89. The minimum Gasteiger partial charge on any atom is -0.309 e. The first-order chi connectivity index (χ1) is 30.3. The van der Waals surface area contributed by atoms with Crippen molar-refractivity contribution in [3.8, 4) is 55.6 Å². The van der Waals surface area contributed by atoms with E-state index in [2.05, 4.69) is 233 Å². The summed E-state index contributed by atoms with van der Waals surface area (Å²) in [5.41, 5.74) is 21.4. The van der Waals surface area contributed by atoms with Gasteiger partial charge in [-0.25, -0.2) is 0 Å². The normalized spacial score (nSPS) is 14.1. The van der Waals surface area contributed by atoms with E-state index in [0.29, 0.717) is 0 Å². The zero-order chi connectivity index (χ0) is 41.7. The highest BCUT2D eigenvalue weighted by Gasteiger charge is 2.38. The SMILES string of the molecule is CC1(C)c2ccccc2-c2ccc(-c3cccc(N(c4ccccc4-c4cccc5c4-c4ccccc4C5(C)C)c4ccccc4-c4cccc5sc6ccccc6c45)c3)cc21. The Kier molecular flexibility index (Phi) is 8.17. The topological polar surface area (TPSA) is 3.24 Å². The number of thiophene rings is 1. The van der Waals surface area contributed by atoms with Gasteiger partial charge in [0.1, 0.15) is 0 Å². The van der Waals surface area contributed by atoms with Crippen LogP contribution < -0.4 is 4.90 Å². The molecule has 9 aromatic carbocycles. The monoisotopic (exact) mass is 811 g/mol. The number of hydrogen-bond acceptors (Lipinski definition) is 2. The third kappa shape index (κ3) is 5.39. The fourth-order valence-electron chi connectivity index (χ4n) is 10.9. The van der Waals surface area contributed by atoms with Crippen molar-refractivity contribution in [3.05, 3.63) is 222 Å². The largest absolute Gasteiger partial charge is 0.309 e. The molecule has 0 radical (unpaired) electrons. The van der Waals surface area contributed by atoms with Crippen LogP contribution in [0.4, 0.5) is 17.1 Å². The molecule has 0 fully saturated rings. The molecule has 0 saturated carbocycles. The predicted molar refractivity (Wildman–Crippen MR) is 265 cm³/mol. The Hall–Kier alpha value is -7.00. The van der Waals surface area contributed by atoms with Crippen LogP contribution in [0.25, 0.3) is 75.8 Å². The zero-order valence-electron chi connectivity index (χ0n) is 35.4. The van der Waals surface area contributed by atoms with Crippen LogP contribution in [-0.4, -0.2) is 0 Å². The van der Waals surface area contributed by atoms with E-state index in [0.717, 1.165) is 17.1 Å². The van der Waals surface area contributed by atoms with Crippen molar-refractivity contribution in [2.24, 2.45) is 0 Å². The summed E-state index contributed by atoms with van der Waals surface area (Å²) in [5, 5.41) is 2.61. The van der Waals surface area contributed by atoms with Gasteiger partial charge in [-0.15, -0.1) is 11.3 Å². The molecule has 1 heterocycles. The number of nitrogens with zero attached hydrogens (tertiary/aromatic N) is 1. The first kappa shape index (κ1) is 36.8. The second kappa shape index (κ2) is 13.8. The lowest BCUT2D eigenvalue weighted by molar-refractivity contribution is 0.660. The predicted octanol–water partition coefficient (Wildman–Crippen LogP) is 17.1. The van der Waals surface area contributed by atoms with E-state index in [1.807, 2.05) is 11.3 Å². The first-order valence-electron chi connectivity index (χ1n) is 21.8. The number of anilines is 3. The molecule has 1 nitrogen and oxygen atoms in total. The molecular weight excluding hydrogens is 767 g/mol. The Morgan fingerprint density at radius 3 is 1.66 bits per heavy atom. The summed E-state index contributed by atoms with van der Waals surface area (Å²) >= 11 is 1.87. The summed E-state index contributed by atoms with van der Waals surface area (Å²) in [6.07, 6.45) is 0. The highest BCUT2D eigenvalue weighted by Crippen LogP contribution is 2.55. The van der Waals surface area contributed by atoms with Gasteiger partial charge < -0.3 is 4.90 Å². The van der Waals surface area contributed by atoms with Crippen LogP contribution in [0.2, 0.25) is 0 Å². The number of fused-ring (bicyclic) bond motifs is 9. The van der Waals surface area contributed by atoms with Crippen molar-refractivity contribution in [2.45, 2.75) is 38.5 Å². The molecule has 0 spiro atoms. The lowest BCUT2D eigenvalue weighted by Gasteiger charge is -2.31. The van der Waals surface area contributed by atoms with E-state index in [1.165, 1.54) is 98.1 Å². The molecule has 2 aliphatic carbocycles. The van der Waals surface area contributed by atoms with Gasteiger partial charge >= 0.3 is 0 Å². The third-order valence-corrected chi connectivity index (χ3v) is 15.0. The van der Waals surface area contributed by atoms with Crippen LogP contribution in [0.1, 0.15) is 49.9 Å². The molecule has 0 unspecified atom stereocenters.